The van der Waals surface area contributed by atoms with Crippen LogP contribution in [-0.4, -0.2) is 73.0 Å². The van der Waals surface area contributed by atoms with Gasteiger partial charge in [-0.05, 0) is 13.3 Å². The number of amides is 2. The highest BCUT2D eigenvalue weighted by molar-refractivity contribution is 5.86. The predicted molar refractivity (Wildman–Crippen MR) is 72.7 cm³/mol. The molecule has 0 saturated carbocycles. The van der Waals surface area contributed by atoms with Crippen molar-refractivity contribution in [3.05, 3.63) is 0 Å². The molecule has 2 saturated heterocycles. The van der Waals surface area contributed by atoms with Gasteiger partial charge in [0.05, 0.1) is 6.54 Å². The maximum atomic E-state index is 12.3. The van der Waals surface area contributed by atoms with Gasteiger partial charge in [-0.15, -0.1) is 0 Å². The number of hydrogen-bond acceptors (Lipinski definition) is 4. The molecule has 2 atom stereocenters. The normalized spacial score (nSPS) is 26.9. The summed E-state index contributed by atoms with van der Waals surface area (Å²) in [5.74, 6) is 0.0782. The summed E-state index contributed by atoms with van der Waals surface area (Å²) in [7, 11) is 0. The van der Waals surface area contributed by atoms with Crippen molar-refractivity contribution in [2.45, 2.75) is 32.4 Å². The maximum absolute atomic E-state index is 12.3. The van der Waals surface area contributed by atoms with E-state index in [1.165, 1.54) is 0 Å². The Morgan fingerprint density at radius 3 is 2.58 bits per heavy atom. The Kier molecular flexibility index (Phi) is 4.76. The molecular formula is C13H24N4O2. The number of carbonyl (C=O) groups excluding carboxylic acids is 2. The number of nitrogens with zero attached hydrogens (tertiary/aromatic N) is 2. The van der Waals surface area contributed by atoms with Crippen LogP contribution in [0.25, 0.3) is 0 Å². The van der Waals surface area contributed by atoms with E-state index in [1.807, 2.05) is 4.90 Å². The Morgan fingerprint density at radius 2 is 2.05 bits per heavy atom. The van der Waals surface area contributed by atoms with E-state index in [1.54, 1.807) is 0 Å². The Bertz CT molecular complexity index is 330. The minimum atomic E-state index is -0.257. The van der Waals surface area contributed by atoms with Crippen LogP contribution in [0.4, 0.5) is 0 Å². The molecule has 0 bridgehead atoms. The molecule has 0 aliphatic carbocycles. The standard InChI is InChI=1S/C13H24N4O2/c1-3-10(2)16-4-6-17(7-5-16)13(19)11-8-15-12(18)9-14-11/h10-11,14H,3-9H2,1-2H3,(H,15,18). The number of rotatable bonds is 3. The molecule has 2 unspecified atom stereocenters. The van der Waals surface area contributed by atoms with Crippen LogP contribution in [0.15, 0.2) is 0 Å². The van der Waals surface area contributed by atoms with Gasteiger partial charge in [-0.25, -0.2) is 0 Å². The molecule has 2 fully saturated rings. The fourth-order valence-electron chi connectivity index (χ4n) is 2.60. The van der Waals surface area contributed by atoms with Crippen molar-refractivity contribution in [2.75, 3.05) is 39.3 Å². The molecule has 19 heavy (non-hydrogen) atoms. The van der Waals surface area contributed by atoms with Crippen molar-refractivity contribution in [3.63, 3.8) is 0 Å². The molecule has 6 heteroatoms. The second-order valence-electron chi connectivity index (χ2n) is 5.36. The van der Waals surface area contributed by atoms with Crippen molar-refractivity contribution in [1.82, 2.24) is 20.4 Å². The lowest BCUT2D eigenvalue weighted by Crippen LogP contribution is -2.61. The van der Waals surface area contributed by atoms with Gasteiger partial charge < -0.3 is 10.2 Å². The van der Waals surface area contributed by atoms with Gasteiger partial charge in [0.25, 0.3) is 0 Å². The second kappa shape index (κ2) is 6.34. The summed E-state index contributed by atoms with van der Waals surface area (Å²) >= 11 is 0. The third kappa shape index (κ3) is 3.45. The molecule has 2 aliphatic rings. The number of nitrogens with one attached hydrogen (secondary N) is 2. The van der Waals surface area contributed by atoms with Gasteiger partial charge in [0, 0.05) is 38.8 Å². The van der Waals surface area contributed by atoms with Crippen LogP contribution < -0.4 is 10.6 Å². The van der Waals surface area contributed by atoms with Gasteiger partial charge >= 0.3 is 0 Å². The van der Waals surface area contributed by atoms with E-state index in [2.05, 4.69) is 29.4 Å². The molecule has 0 radical (unpaired) electrons. The lowest BCUT2D eigenvalue weighted by molar-refractivity contribution is -0.136. The predicted octanol–water partition coefficient (Wildman–Crippen LogP) is -0.983. The van der Waals surface area contributed by atoms with Gasteiger partial charge in [-0.3, -0.25) is 19.8 Å². The first-order chi connectivity index (χ1) is 9.11. The first-order valence-corrected chi connectivity index (χ1v) is 7.14. The molecule has 6 nitrogen and oxygen atoms in total. The van der Waals surface area contributed by atoms with Gasteiger partial charge in [0.15, 0.2) is 0 Å². The number of piperazine rings is 2. The molecular weight excluding hydrogens is 244 g/mol. The highest BCUT2D eigenvalue weighted by Crippen LogP contribution is 2.10. The quantitative estimate of drug-likeness (QED) is 0.690. The summed E-state index contributed by atoms with van der Waals surface area (Å²) in [5.41, 5.74) is 0. The Labute approximate surface area is 114 Å². The Hall–Kier alpha value is -1.14. The lowest BCUT2D eigenvalue weighted by Gasteiger charge is -2.39. The van der Waals surface area contributed by atoms with E-state index in [9.17, 15) is 9.59 Å². The minimum absolute atomic E-state index is 0.0364. The van der Waals surface area contributed by atoms with Crippen molar-refractivity contribution < 1.29 is 9.59 Å². The summed E-state index contributed by atoms with van der Waals surface area (Å²) in [6, 6.07) is 0.331. The molecule has 0 aromatic heterocycles. The SMILES string of the molecule is CCC(C)N1CCN(C(=O)C2CNC(=O)CN2)CC1. The van der Waals surface area contributed by atoms with E-state index >= 15 is 0 Å². The van der Waals surface area contributed by atoms with Gasteiger partial charge in [-0.1, -0.05) is 6.92 Å². The molecule has 0 spiro atoms. The molecule has 2 amide bonds. The summed E-state index contributed by atoms with van der Waals surface area (Å²) in [6.07, 6.45) is 1.14. The third-order valence-corrected chi connectivity index (χ3v) is 4.15. The van der Waals surface area contributed by atoms with Crippen LogP contribution in [0.1, 0.15) is 20.3 Å². The monoisotopic (exact) mass is 268 g/mol. The molecule has 108 valence electrons. The average Bonchev–Trinajstić information content (AvgIpc) is 2.46. The first-order valence-electron chi connectivity index (χ1n) is 7.14. The van der Waals surface area contributed by atoms with E-state index in [4.69, 9.17) is 0 Å². The molecule has 0 aromatic carbocycles. The lowest BCUT2D eigenvalue weighted by atomic mass is 10.1. The minimum Gasteiger partial charge on any atom is -0.353 e. The molecule has 2 rings (SSSR count). The van der Waals surface area contributed by atoms with Crippen LogP contribution in [0, 0.1) is 0 Å². The number of hydrogen-bond donors (Lipinski definition) is 2. The van der Waals surface area contributed by atoms with Crippen LogP contribution >= 0.6 is 0 Å². The van der Waals surface area contributed by atoms with Crippen LogP contribution in [0.2, 0.25) is 0 Å². The second-order valence-corrected chi connectivity index (χ2v) is 5.36. The van der Waals surface area contributed by atoms with Gasteiger partial charge in [-0.2, -0.15) is 0 Å². The van der Waals surface area contributed by atoms with Crippen LogP contribution in [-0.2, 0) is 9.59 Å². The van der Waals surface area contributed by atoms with Crippen molar-refractivity contribution in [1.29, 1.82) is 0 Å². The zero-order chi connectivity index (χ0) is 13.8. The van der Waals surface area contributed by atoms with E-state index in [-0.39, 0.29) is 24.4 Å². The maximum Gasteiger partial charge on any atom is 0.241 e. The molecule has 2 heterocycles. The largest absolute Gasteiger partial charge is 0.353 e. The first kappa shape index (κ1) is 14.3. The fraction of sp³-hybridized carbons (Fsp3) is 0.846. The topological polar surface area (TPSA) is 64.7 Å². The van der Waals surface area contributed by atoms with E-state index in [0.29, 0.717) is 12.6 Å². The molecule has 2 N–H and O–H groups in total. The van der Waals surface area contributed by atoms with Gasteiger partial charge in [0.2, 0.25) is 11.8 Å². The van der Waals surface area contributed by atoms with Crippen molar-refractivity contribution in [3.8, 4) is 0 Å². The van der Waals surface area contributed by atoms with Crippen LogP contribution in [0.5, 0.6) is 0 Å². The smallest absolute Gasteiger partial charge is 0.241 e. The fourth-order valence-corrected chi connectivity index (χ4v) is 2.60. The Morgan fingerprint density at radius 1 is 1.37 bits per heavy atom. The summed E-state index contributed by atoms with van der Waals surface area (Å²) in [6.45, 7) is 8.53. The average molecular weight is 268 g/mol. The van der Waals surface area contributed by atoms with Gasteiger partial charge in [0.1, 0.15) is 6.04 Å². The Balaban J connectivity index is 1.80. The van der Waals surface area contributed by atoms with E-state index < -0.39 is 0 Å². The highest BCUT2D eigenvalue weighted by atomic mass is 16.2. The zero-order valence-corrected chi connectivity index (χ0v) is 11.8. The van der Waals surface area contributed by atoms with Crippen LogP contribution in [0.3, 0.4) is 0 Å². The van der Waals surface area contributed by atoms with Crippen molar-refractivity contribution in [2.24, 2.45) is 0 Å². The van der Waals surface area contributed by atoms with E-state index in [0.717, 1.165) is 32.6 Å². The summed E-state index contributed by atoms with van der Waals surface area (Å²) in [4.78, 5) is 27.7. The van der Waals surface area contributed by atoms with Crippen molar-refractivity contribution >= 4 is 11.8 Å². The molecule has 0 aromatic rings. The summed E-state index contributed by atoms with van der Waals surface area (Å²) in [5, 5.41) is 5.72. The highest BCUT2D eigenvalue weighted by Gasteiger charge is 2.30. The zero-order valence-electron chi connectivity index (χ0n) is 11.8. The summed E-state index contributed by atoms with van der Waals surface area (Å²) < 4.78 is 0. The number of carbonyl (C=O) groups is 2. The molecule has 2 aliphatic heterocycles. The third-order valence-electron chi connectivity index (χ3n) is 4.15.